The smallest absolute Gasteiger partial charge is 0.263 e. The number of fused-ring (bicyclic) bond motifs is 1. The van der Waals surface area contributed by atoms with Crippen LogP contribution in [-0.4, -0.2) is 23.4 Å². The van der Waals surface area contributed by atoms with Gasteiger partial charge in [0.05, 0.1) is 4.90 Å². The van der Waals surface area contributed by atoms with Crippen molar-refractivity contribution >= 4 is 42.5 Å². The van der Waals surface area contributed by atoms with Gasteiger partial charge < -0.3 is 0 Å². The molecule has 8 heteroatoms. The van der Waals surface area contributed by atoms with E-state index < -0.39 is 10.0 Å². The van der Waals surface area contributed by atoms with Gasteiger partial charge in [-0.25, -0.2) is 18.4 Å². The first-order valence-corrected chi connectivity index (χ1v) is 10.2. The zero-order valence-corrected chi connectivity index (χ0v) is 16.3. The number of pyridine rings is 1. The summed E-state index contributed by atoms with van der Waals surface area (Å²) in [6, 6.07) is 15.7. The number of nitrogens with one attached hydrogen (secondary N) is 1. The SMILES string of the molecule is O=S(=O)(Nc1ccnc(-c2ccncc2)n1)c1ccc2cc(Br)ccc2c1. The fourth-order valence-corrected chi connectivity index (χ4v) is 4.03. The van der Waals surface area contributed by atoms with Crippen molar-refractivity contribution in [3.8, 4) is 11.4 Å². The second kappa shape index (κ2) is 7.05. The molecule has 0 fully saturated rings. The molecule has 2 aromatic carbocycles. The standard InChI is InChI=1S/C19H13BrN4O2S/c20-16-3-1-15-12-17(4-2-14(15)11-16)27(25,26)24-18-7-10-22-19(23-18)13-5-8-21-9-6-13/h1-12H,(H,22,23,24). The van der Waals surface area contributed by atoms with E-state index in [0.717, 1.165) is 20.8 Å². The van der Waals surface area contributed by atoms with Crippen molar-refractivity contribution in [1.29, 1.82) is 0 Å². The van der Waals surface area contributed by atoms with Crippen LogP contribution in [0.2, 0.25) is 0 Å². The van der Waals surface area contributed by atoms with Gasteiger partial charge in [-0.3, -0.25) is 9.71 Å². The molecule has 0 unspecified atom stereocenters. The zero-order chi connectivity index (χ0) is 18.9. The van der Waals surface area contributed by atoms with Crippen LogP contribution in [0.1, 0.15) is 0 Å². The summed E-state index contributed by atoms with van der Waals surface area (Å²) in [6.45, 7) is 0. The van der Waals surface area contributed by atoms with Gasteiger partial charge in [-0.15, -0.1) is 0 Å². The summed E-state index contributed by atoms with van der Waals surface area (Å²) in [5.74, 6) is 0.619. The van der Waals surface area contributed by atoms with E-state index in [1.54, 1.807) is 42.7 Å². The van der Waals surface area contributed by atoms with Gasteiger partial charge in [-0.05, 0) is 53.2 Å². The first-order chi connectivity index (χ1) is 13.0. The summed E-state index contributed by atoms with van der Waals surface area (Å²) in [7, 11) is -3.78. The van der Waals surface area contributed by atoms with Crippen molar-refractivity contribution in [2.24, 2.45) is 0 Å². The summed E-state index contributed by atoms with van der Waals surface area (Å²) in [5.41, 5.74) is 0.752. The highest BCUT2D eigenvalue weighted by Crippen LogP contribution is 2.24. The van der Waals surface area contributed by atoms with Gasteiger partial charge in [0.1, 0.15) is 5.82 Å². The van der Waals surface area contributed by atoms with Crippen LogP contribution < -0.4 is 4.72 Å². The molecule has 0 amide bonds. The molecule has 27 heavy (non-hydrogen) atoms. The Balaban J connectivity index is 1.67. The molecular weight excluding hydrogens is 428 g/mol. The number of rotatable bonds is 4. The van der Waals surface area contributed by atoms with E-state index in [1.165, 1.54) is 12.3 Å². The number of benzene rings is 2. The van der Waals surface area contributed by atoms with E-state index >= 15 is 0 Å². The molecule has 4 aromatic rings. The highest BCUT2D eigenvalue weighted by molar-refractivity contribution is 9.10. The number of hydrogen-bond acceptors (Lipinski definition) is 5. The molecule has 0 aliphatic heterocycles. The van der Waals surface area contributed by atoms with Crippen molar-refractivity contribution in [3.05, 3.63) is 77.7 Å². The molecule has 0 aliphatic carbocycles. The van der Waals surface area contributed by atoms with Crippen LogP contribution in [0.15, 0.2) is 82.6 Å². The summed E-state index contributed by atoms with van der Waals surface area (Å²) < 4.78 is 29.0. The average molecular weight is 441 g/mol. The third-order valence-electron chi connectivity index (χ3n) is 3.92. The van der Waals surface area contributed by atoms with Crippen molar-refractivity contribution in [2.45, 2.75) is 4.90 Å². The maximum absolute atomic E-state index is 12.8. The van der Waals surface area contributed by atoms with E-state index in [4.69, 9.17) is 0 Å². The normalized spacial score (nSPS) is 11.4. The molecule has 2 aromatic heterocycles. The first kappa shape index (κ1) is 17.6. The number of hydrogen-bond donors (Lipinski definition) is 1. The Kier molecular flexibility index (Phi) is 4.59. The Labute approximate surface area is 164 Å². The van der Waals surface area contributed by atoms with E-state index in [-0.39, 0.29) is 10.7 Å². The lowest BCUT2D eigenvalue weighted by Gasteiger charge is -2.09. The second-order valence-corrected chi connectivity index (χ2v) is 8.36. The van der Waals surface area contributed by atoms with Crippen LogP contribution >= 0.6 is 15.9 Å². The Morgan fingerprint density at radius 2 is 1.59 bits per heavy atom. The minimum atomic E-state index is -3.78. The number of nitrogens with zero attached hydrogens (tertiary/aromatic N) is 3. The van der Waals surface area contributed by atoms with Crippen LogP contribution in [0.3, 0.4) is 0 Å². The van der Waals surface area contributed by atoms with Crippen LogP contribution in [0, 0.1) is 0 Å². The Hall–Kier alpha value is -2.84. The Morgan fingerprint density at radius 3 is 2.41 bits per heavy atom. The fraction of sp³-hybridized carbons (Fsp3) is 0. The maximum atomic E-state index is 12.8. The minimum absolute atomic E-state index is 0.168. The first-order valence-electron chi connectivity index (χ1n) is 7.97. The van der Waals surface area contributed by atoms with Gasteiger partial charge in [0.25, 0.3) is 10.0 Å². The van der Waals surface area contributed by atoms with Gasteiger partial charge in [0.2, 0.25) is 0 Å². The molecule has 2 heterocycles. The van der Waals surface area contributed by atoms with Crippen LogP contribution in [0.25, 0.3) is 22.2 Å². The largest absolute Gasteiger partial charge is 0.265 e. The molecular formula is C19H13BrN4O2S. The number of anilines is 1. The van der Waals surface area contributed by atoms with Gasteiger partial charge in [-0.2, -0.15) is 0 Å². The maximum Gasteiger partial charge on any atom is 0.263 e. The molecule has 0 atom stereocenters. The Morgan fingerprint density at radius 1 is 0.852 bits per heavy atom. The topological polar surface area (TPSA) is 84.8 Å². The molecule has 4 rings (SSSR count). The quantitative estimate of drug-likeness (QED) is 0.512. The molecule has 1 N–H and O–H groups in total. The molecule has 0 bridgehead atoms. The molecule has 0 radical (unpaired) electrons. The predicted molar refractivity (Wildman–Crippen MR) is 108 cm³/mol. The van der Waals surface area contributed by atoms with Crippen LogP contribution in [-0.2, 0) is 10.0 Å². The molecule has 0 aliphatic rings. The zero-order valence-electron chi connectivity index (χ0n) is 13.9. The number of aromatic nitrogens is 3. The van der Waals surface area contributed by atoms with Crippen molar-refractivity contribution < 1.29 is 8.42 Å². The summed E-state index contributed by atoms with van der Waals surface area (Å²) in [5, 5.41) is 1.78. The summed E-state index contributed by atoms with van der Waals surface area (Å²) in [4.78, 5) is 12.6. The Bertz CT molecular complexity index is 1230. The third kappa shape index (κ3) is 3.81. The third-order valence-corrected chi connectivity index (χ3v) is 5.76. The number of sulfonamides is 1. The lowest BCUT2D eigenvalue weighted by atomic mass is 10.1. The summed E-state index contributed by atoms with van der Waals surface area (Å²) >= 11 is 3.41. The lowest BCUT2D eigenvalue weighted by molar-refractivity contribution is 0.601. The van der Waals surface area contributed by atoms with E-state index in [0.29, 0.717) is 5.82 Å². The molecule has 0 saturated heterocycles. The highest BCUT2D eigenvalue weighted by atomic mass is 79.9. The van der Waals surface area contributed by atoms with E-state index in [2.05, 4.69) is 35.6 Å². The second-order valence-electron chi connectivity index (χ2n) is 5.76. The van der Waals surface area contributed by atoms with Crippen molar-refractivity contribution in [2.75, 3.05) is 4.72 Å². The van der Waals surface area contributed by atoms with Crippen molar-refractivity contribution in [3.63, 3.8) is 0 Å². The minimum Gasteiger partial charge on any atom is -0.265 e. The van der Waals surface area contributed by atoms with Gasteiger partial charge in [0.15, 0.2) is 5.82 Å². The molecule has 0 saturated carbocycles. The van der Waals surface area contributed by atoms with E-state index in [9.17, 15) is 8.42 Å². The predicted octanol–water partition coefficient (Wildman–Crippen LogP) is 4.26. The average Bonchev–Trinajstić information content (AvgIpc) is 2.68. The number of halogens is 1. The fourth-order valence-electron chi connectivity index (χ4n) is 2.61. The van der Waals surface area contributed by atoms with Crippen LogP contribution in [0.5, 0.6) is 0 Å². The molecule has 0 spiro atoms. The molecule has 6 nitrogen and oxygen atoms in total. The summed E-state index contributed by atoms with van der Waals surface area (Å²) in [6.07, 6.45) is 4.77. The lowest BCUT2D eigenvalue weighted by Crippen LogP contribution is -2.14. The molecule has 134 valence electrons. The van der Waals surface area contributed by atoms with E-state index in [1.807, 2.05) is 18.2 Å². The van der Waals surface area contributed by atoms with Crippen molar-refractivity contribution in [1.82, 2.24) is 15.0 Å². The van der Waals surface area contributed by atoms with Gasteiger partial charge in [0, 0.05) is 28.6 Å². The van der Waals surface area contributed by atoms with Crippen LogP contribution in [0.4, 0.5) is 5.82 Å². The van der Waals surface area contributed by atoms with Gasteiger partial charge in [-0.1, -0.05) is 28.1 Å². The highest BCUT2D eigenvalue weighted by Gasteiger charge is 2.16. The monoisotopic (exact) mass is 440 g/mol. The van der Waals surface area contributed by atoms with Gasteiger partial charge >= 0.3 is 0 Å².